The molecule has 5 rings (SSSR count). The summed E-state index contributed by atoms with van der Waals surface area (Å²) in [6, 6.07) is 24.0. The van der Waals surface area contributed by atoms with E-state index in [1.165, 1.54) is 16.7 Å². The highest BCUT2D eigenvalue weighted by molar-refractivity contribution is 8.15. The van der Waals surface area contributed by atoms with Crippen molar-refractivity contribution in [2.24, 2.45) is 9.98 Å². The highest BCUT2D eigenvalue weighted by Crippen LogP contribution is 2.36. The lowest BCUT2D eigenvalue weighted by Gasteiger charge is -2.27. The number of aliphatic imine (C=N–C) groups is 2. The van der Waals surface area contributed by atoms with E-state index < -0.39 is 11.3 Å². The molecular weight excluding hydrogens is 550 g/mol. The van der Waals surface area contributed by atoms with Gasteiger partial charge in [-0.05, 0) is 49.1 Å². The van der Waals surface area contributed by atoms with Gasteiger partial charge in [0.1, 0.15) is 17.6 Å². The van der Waals surface area contributed by atoms with Crippen molar-refractivity contribution in [2.45, 2.75) is 43.9 Å². The molecule has 0 saturated heterocycles. The van der Waals surface area contributed by atoms with Crippen LogP contribution in [0.4, 0.5) is 11.4 Å². The summed E-state index contributed by atoms with van der Waals surface area (Å²) in [6.45, 7) is 2.44. The number of hydrogen-bond donors (Lipinski definition) is 2. The minimum atomic E-state index is -0.709. The van der Waals surface area contributed by atoms with E-state index >= 15 is 0 Å². The molecule has 2 aliphatic heterocycles. The van der Waals surface area contributed by atoms with E-state index in [4.69, 9.17) is 14.7 Å². The summed E-state index contributed by atoms with van der Waals surface area (Å²) in [6.07, 6.45) is 1.70. The number of benzene rings is 3. The van der Waals surface area contributed by atoms with Crippen LogP contribution in [-0.2, 0) is 20.8 Å². The zero-order valence-electron chi connectivity index (χ0n) is 23.6. The standard InChI is InChI=1S/C32H33N5O4S/c1-3-27(30(39)35-24-15-9-10-16-26(24)41-2)42-32-36-23-14-8-7-13-22(23)29-34-25(31(40)37(29)32)17-18-28(38)33-20-19-21-11-5-4-6-12-21/h4-16,25,27H,3,17-20H2,1-2H3,(H,33,38)(H,35,39)/t25-,27+/m0/s1. The third-order valence-corrected chi connectivity index (χ3v) is 8.36. The number of nitrogens with zero attached hydrogens (tertiary/aromatic N) is 3. The Morgan fingerprint density at radius 3 is 2.55 bits per heavy atom. The average molecular weight is 584 g/mol. The van der Waals surface area contributed by atoms with Crippen molar-refractivity contribution < 1.29 is 19.1 Å². The van der Waals surface area contributed by atoms with Gasteiger partial charge in [-0.1, -0.05) is 73.3 Å². The van der Waals surface area contributed by atoms with E-state index in [0.29, 0.717) is 41.1 Å². The molecule has 0 fully saturated rings. The highest BCUT2D eigenvalue weighted by atomic mass is 32.2. The number of methoxy groups -OCH3 is 1. The van der Waals surface area contributed by atoms with E-state index in [1.807, 2.05) is 73.7 Å². The van der Waals surface area contributed by atoms with Gasteiger partial charge in [-0.15, -0.1) is 0 Å². The molecule has 0 spiro atoms. The number of anilines is 1. The molecule has 2 atom stereocenters. The van der Waals surface area contributed by atoms with Crippen LogP contribution in [0.25, 0.3) is 0 Å². The minimum Gasteiger partial charge on any atom is -0.495 e. The monoisotopic (exact) mass is 583 g/mol. The van der Waals surface area contributed by atoms with Gasteiger partial charge >= 0.3 is 0 Å². The molecule has 0 saturated carbocycles. The van der Waals surface area contributed by atoms with Gasteiger partial charge in [0.25, 0.3) is 5.91 Å². The Balaban J connectivity index is 1.27. The number of para-hydroxylation sites is 3. The van der Waals surface area contributed by atoms with E-state index in [9.17, 15) is 14.4 Å². The maximum atomic E-state index is 13.7. The number of ether oxygens (including phenoxy) is 1. The molecule has 10 heteroatoms. The Bertz CT molecular complexity index is 1520. The maximum absolute atomic E-state index is 13.7. The minimum absolute atomic E-state index is 0.119. The van der Waals surface area contributed by atoms with Crippen LogP contribution in [0.3, 0.4) is 0 Å². The van der Waals surface area contributed by atoms with Gasteiger partial charge in [-0.2, -0.15) is 0 Å². The number of thioether (sulfide) groups is 1. The average Bonchev–Trinajstić information content (AvgIpc) is 3.35. The zero-order chi connectivity index (χ0) is 29.5. The lowest BCUT2D eigenvalue weighted by molar-refractivity contribution is -0.125. The molecule has 2 N–H and O–H groups in total. The van der Waals surface area contributed by atoms with Crippen LogP contribution in [0.1, 0.15) is 37.3 Å². The molecule has 0 aliphatic carbocycles. The van der Waals surface area contributed by atoms with Gasteiger partial charge in [0, 0.05) is 18.5 Å². The molecule has 2 aliphatic rings. The Morgan fingerprint density at radius 1 is 1.02 bits per heavy atom. The second kappa shape index (κ2) is 13.5. The Morgan fingerprint density at radius 2 is 1.76 bits per heavy atom. The van der Waals surface area contributed by atoms with Crippen LogP contribution >= 0.6 is 11.8 Å². The first kappa shape index (κ1) is 29.1. The first-order valence-electron chi connectivity index (χ1n) is 14.0. The number of hydrogen-bond acceptors (Lipinski definition) is 7. The highest BCUT2D eigenvalue weighted by Gasteiger charge is 2.42. The number of rotatable bonds is 11. The second-order valence-corrected chi connectivity index (χ2v) is 11.1. The summed E-state index contributed by atoms with van der Waals surface area (Å²) in [5, 5.41) is 5.75. The molecule has 2 heterocycles. The molecule has 42 heavy (non-hydrogen) atoms. The number of carbonyl (C=O) groups excluding carboxylic acids is 3. The zero-order valence-corrected chi connectivity index (χ0v) is 24.4. The van der Waals surface area contributed by atoms with E-state index in [2.05, 4.69) is 10.6 Å². The van der Waals surface area contributed by atoms with Crippen molar-refractivity contribution in [3.8, 4) is 5.75 Å². The Labute approximate surface area is 249 Å². The fourth-order valence-corrected chi connectivity index (χ4v) is 5.85. The molecule has 3 aromatic carbocycles. The van der Waals surface area contributed by atoms with Gasteiger partial charge in [-0.25, -0.2) is 9.89 Å². The summed E-state index contributed by atoms with van der Waals surface area (Å²) in [4.78, 5) is 50.5. The second-order valence-electron chi connectivity index (χ2n) is 9.88. The van der Waals surface area contributed by atoms with Crippen molar-refractivity contribution in [1.29, 1.82) is 0 Å². The van der Waals surface area contributed by atoms with Crippen molar-refractivity contribution >= 4 is 51.9 Å². The lowest BCUT2D eigenvalue weighted by atomic mass is 10.1. The fraction of sp³-hybridized carbons (Fsp3) is 0.281. The van der Waals surface area contributed by atoms with E-state index in [0.717, 1.165) is 17.5 Å². The van der Waals surface area contributed by atoms with Crippen LogP contribution in [0.2, 0.25) is 0 Å². The van der Waals surface area contributed by atoms with E-state index in [1.54, 1.807) is 19.2 Å². The van der Waals surface area contributed by atoms with Gasteiger partial charge < -0.3 is 15.4 Å². The first-order chi connectivity index (χ1) is 20.5. The Hall–Kier alpha value is -4.44. The van der Waals surface area contributed by atoms with Gasteiger partial charge in [0.05, 0.1) is 23.7 Å². The quantitative estimate of drug-likeness (QED) is 0.332. The van der Waals surface area contributed by atoms with Crippen molar-refractivity contribution in [3.63, 3.8) is 0 Å². The fourth-order valence-electron chi connectivity index (χ4n) is 4.83. The first-order valence-corrected chi connectivity index (χ1v) is 14.9. The molecule has 9 nitrogen and oxygen atoms in total. The van der Waals surface area contributed by atoms with Crippen LogP contribution < -0.4 is 15.4 Å². The number of carbonyl (C=O) groups is 3. The van der Waals surface area contributed by atoms with Crippen LogP contribution in [0.15, 0.2) is 88.8 Å². The van der Waals surface area contributed by atoms with Crippen molar-refractivity contribution in [2.75, 3.05) is 19.0 Å². The SMILES string of the molecule is CC[C@@H](SC1=Nc2ccccc2C2=N[C@@H](CCC(=O)NCCc3ccccc3)C(=O)N12)C(=O)Nc1ccccc1OC. The van der Waals surface area contributed by atoms with Gasteiger partial charge in [-0.3, -0.25) is 19.4 Å². The number of amides is 3. The summed E-state index contributed by atoms with van der Waals surface area (Å²) in [5.74, 6) is 0.477. The normalized spacial score (nSPS) is 16.1. The topological polar surface area (TPSA) is 112 Å². The number of nitrogens with one attached hydrogen (secondary N) is 2. The molecular formula is C32H33N5O4S. The summed E-state index contributed by atoms with van der Waals surface area (Å²) < 4.78 is 5.37. The largest absolute Gasteiger partial charge is 0.495 e. The molecule has 0 radical (unpaired) electrons. The molecule has 3 amide bonds. The van der Waals surface area contributed by atoms with Gasteiger partial charge in [0.15, 0.2) is 5.17 Å². The lowest BCUT2D eigenvalue weighted by Crippen LogP contribution is -2.42. The molecule has 0 aromatic heterocycles. The molecule has 0 unspecified atom stereocenters. The van der Waals surface area contributed by atoms with Crippen LogP contribution in [-0.4, -0.2) is 58.6 Å². The third-order valence-electron chi connectivity index (χ3n) is 7.05. The summed E-state index contributed by atoms with van der Waals surface area (Å²) in [5.41, 5.74) is 3.15. The third kappa shape index (κ3) is 6.54. The van der Waals surface area contributed by atoms with Crippen LogP contribution in [0, 0.1) is 0 Å². The maximum Gasteiger partial charge on any atom is 0.259 e. The van der Waals surface area contributed by atoms with Crippen LogP contribution in [0.5, 0.6) is 5.75 Å². The Kier molecular flexibility index (Phi) is 9.33. The van der Waals surface area contributed by atoms with Crippen molar-refractivity contribution in [1.82, 2.24) is 10.2 Å². The summed E-state index contributed by atoms with van der Waals surface area (Å²) in [7, 11) is 1.55. The molecule has 0 bridgehead atoms. The molecule has 216 valence electrons. The summed E-state index contributed by atoms with van der Waals surface area (Å²) >= 11 is 1.23. The predicted molar refractivity (Wildman–Crippen MR) is 166 cm³/mol. The van der Waals surface area contributed by atoms with E-state index in [-0.39, 0.29) is 30.6 Å². The predicted octanol–water partition coefficient (Wildman–Crippen LogP) is 4.94. The molecule has 3 aromatic rings. The van der Waals surface area contributed by atoms with Gasteiger partial charge in [0.2, 0.25) is 11.8 Å². The van der Waals surface area contributed by atoms with Crippen molar-refractivity contribution in [3.05, 3.63) is 90.0 Å². The smallest absolute Gasteiger partial charge is 0.259 e. The number of amidine groups is 2. The number of fused-ring (bicyclic) bond motifs is 3.